The van der Waals surface area contributed by atoms with Crippen molar-refractivity contribution in [3.8, 4) is 0 Å². The van der Waals surface area contributed by atoms with Gasteiger partial charge in [-0.1, -0.05) is 26.0 Å². The first-order chi connectivity index (χ1) is 6.52. The Balaban J connectivity index is 3.31. The van der Waals surface area contributed by atoms with E-state index in [9.17, 15) is 4.79 Å². The third kappa shape index (κ3) is 9.26. The SMILES string of the molecule is C=C(C)CNCCC(=O)NCC(C)C. The van der Waals surface area contributed by atoms with Crippen LogP contribution < -0.4 is 10.6 Å². The van der Waals surface area contributed by atoms with E-state index >= 15 is 0 Å². The van der Waals surface area contributed by atoms with Crippen LogP contribution in [0.4, 0.5) is 0 Å². The normalized spacial score (nSPS) is 10.3. The number of nitrogens with one attached hydrogen (secondary N) is 2. The Morgan fingerprint density at radius 2 is 2.07 bits per heavy atom. The third-order valence-corrected chi connectivity index (χ3v) is 1.66. The molecule has 0 aromatic heterocycles. The number of amides is 1. The van der Waals surface area contributed by atoms with E-state index in [4.69, 9.17) is 0 Å². The molecule has 3 nitrogen and oxygen atoms in total. The highest BCUT2D eigenvalue weighted by Gasteiger charge is 2.00. The predicted molar refractivity (Wildman–Crippen MR) is 60.1 cm³/mol. The largest absolute Gasteiger partial charge is 0.356 e. The van der Waals surface area contributed by atoms with Crippen LogP contribution in [-0.4, -0.2) is 25.5 Å². The lowest BCUT2D eigenvalue weighted by atomic mass is 10.2. The van der Waals surface area contributed by atoms with Gasteiger partial charge in [0.2, 0.25) is 5.91 Å². The standard InChI is InChI=1S/C11H22N2O/c1-9(2)7-12-6-5-11(14)13-8-10(3)4/h10,12H,1,5-8H2,2-4H3,(H,13,14). The van der Waals surface area contributed by atoms with E-state index in [2.05, 4.69) is 31.1 Å². The predicted octanol–water partition coefficient (Wildman–Crippen LogP) is 1.31. The maximum absolute atomic E-state index is 11.2. The van der Waals surface area contributed by atoms with E-state index in [-0.39, 0.29) is 5.91 Å². The van der Waals surface area contributed by atoms with E-state index in [1.165, 1.54) is 0 Å². The second-order valence-corrected chi connectivity index (χ2v) is 4.08. The van der Waals surface area contributed by atoms with Crippen LogP contribution in [0.5, 0.6) is 0 Å². The molecule has 0 rings (SSSR count). The van der Waals surface area contributed by atoms with Crippen LogP contribution in [0, 0.1) is 5.92 Å². The van der Waals surface area contributed by atoms with Gasteiger partial charge in [0, 0.05) is 26.1 Å². The molecule has 82 valence electrons. The summed E-state index contributed by atoms with van der Waals surface area (Å²) in [6.07, 6.45) is 0.542. The van der Waals surface area contributed by atoms with E-state index in [0.717, 1.165) is 25.2 Å². The highest BCUT2D eigenvalue weighted by molar-refractivity contribution is 5.76. The van der Waals surface area contributed by atoms with Crippen molar-refractivity contribution >= 4 is 5.91 Å². The molecule has 0 radical (unpaired) electrons. The fourth-order valence-corrected chi connectivity index (χ4v) is 0.910. The number of hydrogen-bond acceptors (Lipinski definition) is 2. The molecular formula is C11H22N2O. The quantitative estimate of drug-likeness (QED) is 0.478. The van der Waals surface area contributed by atoms with Gasteiger partial charge in [-0.25, -0.2) is 0 Å². The van der Waals surface area contributed by atoms with Crippen LogP contribution in [0.3, 0.4) is 0 Å². The zero-order valence-corrected chi connectivity index (χ0v) is 9.52. The Hall–Kier alpha value is -0.830. The zero-order valence-electron chi connectivity index (χ0n) is 9.52. The summed E-state index contributed by atoms with van der Waals surface area (Å²) in [5.41, 5.74) is 1.09. The molecule has 2 N–H and O–H groups in total. The second kappa shape index (κ2) is 7.56. The Labute approximate surface area is 87.0 Å². The van der Waals surface area contributed by atoms with E-state index < -0.39 is 0 Å². The topological polar surface area (TPSA) is 41.1 Å². The zero-order chi connectivity index (χ0) is 11.0. The Morgan fingerprint density at radius 1 is 1.43 bits per heavy atom. The smallest absolute Gasteiger partial charge is 0.221 e. The average molecular weight is 198 g/mol. The summed E-state index contributed by atoms with van der Waals surface area (Å²) in [5, 5.41) is 6.01. The first-order valence-corrected chi connectivity index (χ1v) is 5.14. The third-order valence-electron chi connectivity index (χ3n) is 1.66. The number of hydrogen-bond donors (Lipinski definition) is 2. The highest BCUT2D eigenvalue weighted by atomic mass is 16.1. The molecule has 0 saturated carbocycles. The molecule has 0 aromatic rings. The first-order valence-electron chi connectivity index (χ1n) is 5.14. The van der Waals surface area contributed by atoms with Crippen molar-refractivity contribution in [3.05, 3.63) is 12.2 Å². The van der Waals surface area contributed by atoms with Gasteiger partial charge in [0.15, 0.2) is 0 Å². The van der Waals surface area contributed by atoms with Gasteiger partial charge in [-0.2, -0.15) is 0 Å². The molecule has 0 atom stereocenters. The summed E-state index contributed by atoms with van der Waals surface area (Å²) in [7, 11) is 0. The van der Waals surface area contributed by atoms with Gasteiger partial charge < -0.3 is 10.6 Å². The van der Waals surface area contributed by atoms with Crippen LogP contribution in [0.1, 0.15) is 27.2 Å². The molecule has 0 spiro atoms. The lowest BCUT2D eigenvalue weighted by Crippen LogP contribution is -2.30. The minimum absolute atomic E-state index is 0.118. The Bertz CT molecular complexity index is 188. The molecule has 0 aliphatic heterocycles. The van der Waals surface area contributed by atoms with Gasteiger partial charge in [0.1, 0.15) is 0 Å². The Kier molecular flexibility index (Phi) is 7.11. The maximum Gasteiger partial charge on any atom is 0.221 e. The lowest BCUT2D eigenvalue weighted by molar-refractivity contribution is -0.121. The van der Waals surface area contributed by atoms with Crippen molar-refractivity contribution in [1.29, 1.82) is 0 Å². The van der Waals surface area contributed by atoms with Crippen LogP contribution >= 0.6 is 0 Å². The van der Waals surface area contributed by atoms with Crippen molar-refractivity contribution in [3.63, 3.8) is 0 Å². The minimum Gasteiger partial charge on any atom is -0.356 e. The summed E-state index contributed by atoms with van der Waals surface area (Å²) in [4.78, 5) is 11.2. The van der Waals surface area contributed by atoms with Crippen molar-refractivity contribution in [1.82, 2.24) is 10.6 Å². The number of carbonyl (C=O) groups is 1. The monoisotopic (exact) mass is 198 g/mol. The fourth-order valence-electron chi connectivity index (χ4n) is 0.910. The molecule has 0 aliphatic carbocycles. The lowest BCUT2D eigenvalue weighted by Gasteiger charge is -2.08. The fraction of sp³-hybridized carbons (Fsp3) is 0.727. The van der Waals surface area contributed by atoms with Crippen LogP contribution in [0.15, 0.2) is 12.2 Å². The molecule has 3 heteroatoms. The summed E-state index contributed by atoms with van der Waals surface area (Å²) in [6.45, 7) is 12.2. The second-order valence-electron chi connectivity index (χ2n) is 4.08. The maximum atomic E-state index is 11.2. The van der Waals surface area contributed by atoms with Crippen LogP contribution in [0.2, 0.25) is 0 Å². The molecular weight excluding hydrogens is 176 g/mol. The molecule has 0 fully saturated rings. The molecule has 14 heavy (non-hydrogen) atoms. The number of rotatable bonds is 7. The van der Waals surface area contributed by atoms with Gasteiger partial charge in [0.25, 0.3) is 0 Å². The van der Waals surface area contributed by atoms with Gasteiger partial charge in [0.05, 0.1) is 0 Å². The molecule has 0 saturated heterocycles. The van der Waals surface area contributed by atoms with Gasteiger partial charge in [-0.05, 0) is 12.8 Å². The summed E-state index contributed by atoms with van der Waals surface area (Å²) >= 11 is 0. The first kappa shape index (κ1) is 13.2. The Morgan fingerprint density at radius 3 is 2.57 bits per heavy atom. The minimum atomic E-state index is 0.118. The van der Waals surface area contributed by atoms with Gasteiger partial charge in [-0.15, -0.1) is 0 Å². The molecule has 1 amide bonds. The summed E-state index contributed by atoms with van der Waals surface area (Å²) in [6, 6.07) is 0. The number of carbonyl (C=O) groups excluding carboxylic acids is 1. The van der Waals surface area contributed by atoms with Crippen molar-refractivity contribution in [2.75, 3.05) is 19.6 Å². The molecule has 0 heterocycles. The van der Waals surface area contributed by atoms with E-state index in [0.29, 0.717) is 12.3 Å². The van der Waals surface area contributed by atoms with Crippen molar-refractivity contribution < 1.29 is 4.79 Å². The van der Waals surface area contributed by atoms with Gasteiger partial charge in [-0.3, -0.25) is 4.79 Å². The van der Waals surface area contributed by atoms with Crippen molar-refractivity contribution in [2.24, 2.45) is 5.92 Å². The van der Waals surface area contributed by atoms with Crippen molar-refractivity contribution in [2.45, 2.75) is 27.2 Å². The van der Waals surface area contributed by atoms with Crippen LogP contribution in [-0.2, 0) is 4.79 Å². The highest BCUT2D eigenvalue weighted by Crippen LogP contribution is 1.88. The van der Waals surface area contributed by atoms with E-state index in [1.54, 1.807) is 0 Å². The molecule has 0 aromatic carbocycles. The van der Waals surface area contributed by atoms with E-state index in [1.807, 2.05) is 6.92 Å². The molecule has 0 aliphatic rings. The molecule has 0 bridgehead atoms. The van der Waals surface area contributed by atoms with Gasteiger partial charge >= 0.3 is 0 Å². The summed E-state index contributed by atoms with van der Waals surface area (Å²) < 4.78 is 0. The average Bonchev–Trinajstić information content (AvgIpc) is 2.08. The summed E-state index contributed by atoms with van der Waals surface area (Å²) in [5.74, 6) is 0.634. The molecule has 0 unspecified atom stereocenters. The van der Waals surface area contributed by atoms with Crippen LogP contribution in [0.25, 0.3) is 0 Å².